The van der Waals surface area contributed by atoms with E-state index < -0.39 is 0 Å². The van der Waals surface area contributed by atoms with Gasteiger partial charge in [0.2, 0.25) is 0 Å². The second kappa shape index (κ2) is 6.76. The van der Waals surface area contributed by atoms with Crippen molar-refractivity contribution in [1.82, 2.24) is 0 Å². The Bertz CT molecular complexity index is 558. The van der Waals surface area contributed by atoms with Gasteiger partial charge in [-0.05, 0) is 46.9 Å². The van der Waals surface area contributed by atoms with Gasteiger partial charge in [-0.25, -0.2) is 0 Å². The second-order valence-corrected chi connectivity index (χ2v) is 5.41. The molecular weight excluding hydrogens is 248 g/mol. The molecule has 0 aliphatic heterocycles. The van der Waals surface area contributed by atoms with Gasteiger partial charge in [-0.2, -0.15) is 0 Å². The van der Waals surface area contributed by atoms with Crippen LogP contribution in [0, 0.1) is 5.92 Å². The summed E-state index contributed by atoms with van der Waals surface area (Å²) in [4.78, 5) is 0. The van der Waals surface area contributed by atoms with Crippen LogP contribution in [0.25, 0.3) is 10.8 Å². The molecule has 0 radical (unpaired) electrons. The number of rotatable bonds is 6. The van der Waals surface area contributed by atoms with Crippen LogP contribution in [0.3, 0.4) is 0 Å². The molecule has 20 heavy (non-hydrogen) atoms. The fraction of sp³-hybridized carbons (Fsp3) is 0.444. The molecule has 0 heterocycles. The lowest BCUT2D eigenvalue weighted by Gasteiger charge is -2.18. The number of hydrogen-bond donors (Lipinski definition) is 1. The molecule has 0 aliphatic carbocycles. The van der Waals surface area contributed by atoms with Crippen LogP contribution in [-0.4, -0.2) is 12.2 Å². The number of benzene rings is 2. The molecule has 2 aromatic carbocycles. The SMILES string of the molecule is CCC(CC)CC(O)c1ccc2cc(OC)ccc2c1. The standard InChI is InChI=1S/C18H24O2/c1-4-13(5-2)10-18(19)16-7-6-15-12-17(20-3)9-8-14(15)11-16/h6-9,11-13,18-19H,4-5,10H2,1-3H3. The van der Waals surface area contributed by atoms with Crippen LogP contribution in [0.2, 0.25) is 0 Å². The molecule has 2 nitrogen and oxygen atoms in total. The maximum absolute atomic E-state index is 10.4. The molecule has 2 heteroatoms. The van der Waals surface area contributed by atoms with Gasteiger partial charge in [0, 0.05) is 0 Å². The Hall–Kier alpha value is -1.54. The van der Waals surface area contributed by atoms with Crippen molar-refractivity contribution in [1.29, 1.82) is 0 Å². The van der Waals surface area contributed by atoms with Gasteiger partial charge in [0.15, 0.2) is 0 Å². The summed E-state index contributed by atoms with van der Waals surface area (Å²) in [5, 5.41) is 12.7. The molecule has 108 valence electrons. The Kier molecular flexibility index (Phi) is 5.02. The summed E-state index contributed by atoms with van der Waals surface area (Å²) in [6.07, 6.45) is 2.72. The zero-order valence-corrected chi connectivity index (χ0v) is 12.6. The molecule has 0 bridgehead atoms. The van der Waals surface area contributed by atoms with Crippen LogP contribution < -0.4 is 4.74 Å². The first kappa shape index (κ1) is 14.9. The number of fused-ring (bicyclic) bond motifs is 1. The molecule has 0 aromatic heterocycles. The van der Waals surface area contributed by atoms with Gasteiger partial charge < -0.3 is 9.84 Å². The minimum atomic E-state index is -0.369. The zero-order valence-electron chi connectivity index (χ0n) is 12.6. The largest absolute Gasteiger partial charge is 0.497 e. The summed E-state index contributed by atoms with van der Waals surface area (Å²) in [5.41, 5.74) is 1.01. The highest BCUT2D eigenvalue weighted by Gasteiger charge is 2.13. The minimum Gasteiger partial charge on any atom is -0.497 e. The maximum atomic E-state index is 10.4. The average Bonchev–Trinajstić information content (AvgIpc) is 2.51. The van der Waals surface area contributed by atoms with E-state index in [9.17, 15) is 5.11 Å². The van der Waals surface area contributed by atoms with Gasteiger partial charge in [-0.15, -0.1) is 0 Å². The van der Waals surface area contributed by atoms with Crippen molar-refractivity contribution in [3.05, 3.63) is 42.0 Å². The predicted octanol–water partition coefficient (Wildman–Crippen LogP) is 4.71. The Labute approximate surface area is 121 Å². The third-order valence-corrected chi connectivity index (χ3v) is 4.17. The van der Waals surface area contributed by atoms with Crippen molar-refractivity contribution in [3.8, 4) is 5.75 Å². The van der Waals surface area contributed by atoms with E-state index >= 15 is 0 Å². The number of methoxy groups -OCH3 is 1. The van der Waals surface area contributed by atoms with Crippen LogP contribution >= 0.6 is 0 Å². The highest BCUT2D eigenvalue weighted by atomic mass is 16.5. The molecule has 0 saturated heterocycles. The average molecular weight is 272 g/mol. The molecule has 1 atom stereocenters. The van der Waals surface area contributed by atoms with Gasteiger partial charge in [-0.3, -0.25) is 0 Å². The van der Waals surface area contributed by atoms with E-state index in [-0.39, 0.29) is 6.10 Å². The van der Waals surface area contributed by atoms with Crippen molar-refractivity contribution in [3.63, 3.8) is 0 Å². The lowest BCUT2D eigenvalue weighted by Crippen LogP contribution is -2.06. The summed E-state index contributed by atoms with van der Waals surface area (Å²) in [5.74, 6) is 1.46. The summed E-state index contributed by atoms with van der Waals surface area (Å²) >= 11 is 0. The third-order valence-electron chi connectivity index (χ3n) is 4.17. The second-order valence-electron chi connectivity index (χ2n) is 5.41. The fourth-order valence-corrected chi connectivity index (χ4v) is 2.65. The molecule has 0 spiro atoms. The smallest absolute Gasteiger partial charge is 0.119 e. The first-order valence-corrected chi connectivity index (χ1v) is 7.43. The third kappa shape index (κ3) is 3.31. The highest BCUT2D eigenvalue weighted by molar-refractivity contribution is 5.84. The van der Waals surface area contributed by atoms with Gasteiger partial charge >= 0.3 is 0 Å². The molecule has 1 unspecified atom stereocenters. The van der Waals surface area contributed by atoms with E-state index in [1.807, 2.05) is 24.3 Å². The van der Waals surface area contributed by atoms with Gasteiger partial charge in [0.25, 0.3) is 0 Å². The molecule has 0 saturated carbocycles. The van der Waals surface area contributed by atoms with Gasteiger partial charge in [0.1, 0.15) is 5.75 Å². The van der Waals surface area contributed by atoms with Gasteiger partial charge in [0.05, 0.1) is 13.2 Å². The molecule has 0 amide bonds. The van der Waals surface area contributed by atoms with E-state index in [0.717, 1.165) is 41.3 Å². The molecule has 2 rings (SSSR count). The Balaban J connectivity index is 2.22. The van der Waals surface area contributed by atoms with Crippen LogP contribution in [0.1, 0.15) is 44.8 Å². The quantitative estimate of drug-likeness (QED) is 0.825. The van der Waals surface area contributed by atoms with Gasteiger partial charge in [-0.1, -0.05) is 44.9 Å². The predicted molar refractivity (Wildman–Crippen MR) is 84.1 cm³/mol. The number of aliphatic hydroxyl groups is 1. The maximum Gasteiger partial charge on any atom is 0.119 e. The molecular formula is C18H24O2. The highest BCUT2D eigenvalue weighted by Crippen LogP contribution is 2.28. The van der Waals surface area contributed by atoms with Crippen LogP contribution in [0.5, 0.6) is 5.75 Å². The lowest BCUT2D eigenvalue weighted by molar-refractivity contribution is 0.141. The van der Waals surface area contributed by atoms with E-state index in [4.69, 9.17) is 4.74 Å². The van der Waals surface area contributed by atoms with E-state index in [2.05, 4.69) is 26.0 Å². The van der Waals surface area contributed by atoms with Crippen molar-refractivity contribution in [2.75, 3.05) is 7.11 Å². The van der Waals surface area contributed by atoms with Crippen LogP contribution in [0.4, 0.5) is 0 Å². The number of hydrogen-bond acceptors (Lipinski definition) is 2. The normalized spacial score (nSPS) is 12.8. The van der Waals surface area contributed by atoms with Crippen LogP contribution in [0.15, 0.2) is 36.4 Å². The fourth-order valence-electron chi connectivity index (χ4n) is 2.65. The number of aliphatic hydroxyl groups excluding tert-OH is 1. The Morgan fingerprint density at radius 1 is 1.00 bits per heavy atom. The summed E-state index contributed by atoms with van der Waals surface area (Å²) in [6.45, 7) is 4.38. The molecule has 1 N–H and O–H groups in total. The molecule has 0 aliphatic rings. The summed E-state index contributed by atoms with van der Waals surface area (Å²) in [6, 6.07) is 12.2. The van der Waals surface area contributed by atoms with Crippen molar-refractivity contribution in [2.45, 2.75) is 39.2 Å². The van der Waals surface area contributed by atoms with E-state index in [1.165, 1.54) is 0 Å². The summed E-state index contributed by atoms with van der Waals surface area (Å²) < 4.78 is 5.23. The van der Waals surface area contributed by atoms with Crippen LogP contribution in [-0.2, 0) is 0 Å². The molecule has 0 fully saturated rings. The summed E-state index contributed by atoms with van der Waals surface area (Å²) in [7, 11) is 1.68. The first-order valence-electron chi connectivity index (χ1n) is 7.43. The van der Waals surface area contributed by atoms with Crippen molar-refractivity contribution < 1.29 is 9.84 Å². The zero-order chi connectivity index (χ0) is 14.5. The lowest BCUT2D eigenvalue weighted by atomic mass is 9.92. The van der Waals surface area contributed by atoms with E-state index in [1.54, 1.807) is 7.11 Å². The first-order chi connectivity index (χ1) is 9.67. The molecule has 2 aromatic rings. The minimum absolute atomic E-state index is 0.369. The topological polar surface area (TPSA) is 29.5 Å². The monoisotopic (exact) mass is 272 g/mol. The Morgan fingerprint density at radius 3 is 2.30 bits per heavy atom. The Morgan fingerprint density at radius 2 is 1.65 bits per heavy atom. The number of ether oxygens (including phenoxy) is 1. The van der Waals surface area contributed by atoms with Crippen molar-refractivity contribution in [2.24, 2.45) is 5.92 Å². The van der Waals surface area contributed by atoms with Crippen molar-refractivity contribution >= 4 is 10.8 Å². The van der Waals surface area contributed by atoms with E-state index in [0.29, 0.717) is 5.92 Å².